The molecule has 10 nitrogen and oxygen atoms in total. The van der Waals surface area contributed by atoms with Gasteiger partial charge in [0, 0.05) is 59.6 Å². The molecule has 3 aliphatic heterocycles. The molecule has 4 rings (SSSR count). The fourth-order valence-corrected chi connectivity index (χ4v) is 3.95. The van der Waals surface area contributed by atoms with Crippen molar-refractivity contribution in [1.29, 1.82) is 0 Å². The summed E-state index contributed by atoms with van der Waals surface area (Å²) in [7, 11) is 3.30. The lowest BCUT2D eigenvalue weighted by atomic mass is 10.1. The number of nitrogens with zero attached hydrogens (tertiary/aromatic N) is 7. The van der Waals surface area contributed by atoms with Gasteiger partial charge >= 0.3 is 6.03 Å². The number of piperazine rings is 1. The van der Waals surface area contributed by atoms with Crippen LogP contribution < -0.4 is 9.80 Å². The molecule has 0 radical (unpaired) electrons. The number of morpholine rings is 1. The van der Waals surface area contributed by atoms with Gasteiger partial charge in [0.05, 0.1) is 25.8 Å². The molecule has 10 heteroatoms. The topological polar surface area (TPSA) is 85.3 Å². The number of carbonyl (C=O) groups excluding carboxylic acids is 2. The van der Waals surface area contributed by atoms with Crippen LogP contribution in [0.5, 0.6) is 0 Å². The van der Waals surface area contributed by atoms with Crippen LogP contribution in [-0.2, 0) is 9.53 Å². The highest BCUT2D eigenvalue weighted by atomic mass is 16.5. The monoisotopic (exact) mass is 389 g/mol. The normalized spacial score (nSPS) is 24.9. The lowest BCUT2D eigenvalue weighted by Crippen LogP contribution is -2.62. The van der Waals surface area contributed by atoms with Crippen molar-refractivity contribution in [2.45, 2.75) is 12.6 Å². The molecule has 3 aliphatic rings. The van der Waals surface area contributed by atoms with Gasteiger partial charge in [-0.05, 0) is 6.07 Å². The van der Waals surface area contributed by atoms with Crippen LogP contribution in [0.2, 0.25) is 0 Å². The van der Waals surface area contributed by atoms with Crippen LogP contribution in [0, 0.1) is 0 Å². The minimum absolute atomic E-state index is 0.124. The molecule has 3 fully saturated rings. The van der Waals surface area contributed by atoms with Crippen molar-refractivity contribution in [3.05, 3.63) is 12.3 Å². The predicted octanol–water partition coefficient (Wildman–Crippen LogP) is -0.325. The second-order valence-corrected chi connectivity index (χ2v) is 7.37. The third-order valence-corrected chi connectivity index (χ3v) is 5.75. The number of urea groups is 1. The number of hydrogen-bond acceptors (Lipinski definition) is 8. The second-order valence-electron chi connectivity index (χ2n) is 7.37. The molecular formula is C18H27N7O3. The Morgan fingerprint density at radius 2 is 1.71 bits per heavy atom. The predicted molar refractivity (Wildman–Crippen MR) is 103 cm³/mol. The first-order chi connectivity index (χ1) is 13.5. The van der Waals surface area contributed by atoms with Gasteiger partial charge in [0.25, 0.3) is 0 Å². The van der Waals surface area contributed by atoms with Crippen molar-refractivity contribution in [2.75, 3.05) is 76.4 Å². The lowest BCUT2D eigenvalue weighted by molar-refractivity contribution is -0.134. The average molecular weight is 389 g/mol. The van der Waals surface area contributed by atoms with E-state index in [9.17, 15) is 9.59 Å². The Balaban J connectivity index is 1.39. The van der Waals surface area contributed by atoms with Gasteiger partial charge in [-0.3, -0.25) is 14.6 Å². The second kappa shape index (κ2) is 7.88. The number of anilines is 2. The Morgan fingerprint density at radius 1 is 1.00 bits per heavy atom. The quantitative estimate of drug-likeness (QED) is 0.695. The molecule has 0 saturated carbocycles. The Labute approximate surface area is 164 Å². The summed E-state index contributed by atoms with van der Waals surface area (Å²) in [6, 6.07) is 1.70. The highest BCUT2D eigenvalue weighted by molar-refractivity contribution is 5.96. The van der Waals surface area contributed by atoms with E-state index >= 15 is 0 Å². The van der Waals surface area contributed by atoms with Gasteiger partial charge in [-0.2, -0.15) is 4.98 Å². The Kier molecular flexibility index (Phi) is 5.31. The van der Waals surface area contributed by atoms with Crippen LogP contribution in [0.4, 0.5) is 16.6 Å². The van der Waals surface area contributed by atoms with Gasteiger partial charge in [0.1, 0.15) is 5.82 Å². The summed E-state index contributed by atoms with van der Waals surface area (Å²) in [6.45, 7) is 6.15. The SMILES string of the molecule is CN1C(=O)CC(N2CCN(c3ccnc(N4CCOCC4)n3)CC2)N(C)C1=O. The molecule has 28 heavy (non-hydrogen) atoms. The molecular weight excluding hydrogens is 362 g/mol. The molecule has 0 bridgehead atoms. The lowest BCUT2D eigenvalue weighted by Gasteiger charge is -2.45. The number of carbonyl (C=O) groups is 2. The summed E-state index contributed by atoms with van der Waals surface area (Å²) in [4.78, 5) is 42.9. The fourth-order valence-electron chi connectivity index (χ4n) is 3.95. The summed E-state index contributed by atoms with van der Waals surface area (Å²) in [5, 5.41) is 0. The zero-order valence-corrected chi connectivity index (χ0v) is 16.5. The van der Waals surface area contributed by atoms with Crippen molar-refractivity contribution in [3.63, 3.8) is 0 Å². The largest absolute Gasteiger partial charge is 0.378 e. The maximum atomic E-state index is 12.2. The van der Waals surface area contributed by atoms with E-state index in [0.717, 1.165) is 51.0 Å². The minimum atomic E-state index is -0.241. The number of imide groups is 1. The average Bonchev–Trinajstić information content (AvgIpc) is 2.76. The third kappa shape index (κ3) is 3.61. The van der Waals surface area contributed by atoms with Gasteiger partial charge in [-0.15, -0.1) is 0 Å². The van der Waals surface area contributed by atoms with E-state index in [-0.39, 0.29) is 18.1 Å². The van der Waals surface area contributed by atoms with Gasteiger partial charge in [0.15, 0.2) is 0 Å². The molecule has 1 aromatic heterocycles. The number of aromatic nitrogens is 2. The minimum Gasteiger partial charge on any atom is -0.378 e. The summed E-state index contributed by atoms with van der Waals surface area (Å²) in [6.07, 6.45) is 1.97. The maximum Gasteiger partial charge on any atom is 0.327 e. The molecule has 1 aromatic rings. The van der Waals surface area contributed by atoms with Crippen LogP contribution in [0.25, 0.3) is 0 Å². The molecule has 3 amide bonds. The molecule has 3 saturated heterocycles. The van der Waals surface area contributed by atoms with Gasteiger partial charge < -0.3 is 19.4 Å². The van der Waals surface area contributed by atoms with Crippen LogP contribution in [0.3, 0.4) is 0 Å². The molecule has 1 atom stereocenters. The van der Waals surface area contributed by atoms with E-state index in [1.54, 1.807) is 11.9 Å². The number of ether oxygens (including phenoxy) is 1. The van der Waals surface area contributed by atoms with Gasteiger partial charge in [0.2, 0.25) is 11.9 Å². The van der Waals surface area contributed by atoms with E-state index in [0.29, 0.717) is 19.6 Å². The number of rotatable bonds is 3. The first-order valence-corrected chi connectivity index (χ1v) is 9.72. The highest BCUT2D eigenvalue weighted by Gasteiger charge is 2.38. The molecule has 0 aromatic carbocycles. The van der Waals surface area contributed by atoms with Crippen molar-refractivity contribution < 1.29 is 14.3 Å². The van der Waals surface area contributed by atoms with Crippen molar-refractivity contribution in [2.24, 2.45) is 0 Å². The van der Waals surface area contributed by atoms with Crippen LogP contribution in [-0.4, -0.2) is 109 Å². The number of amides is 3. The van der Waals surface area contributed by atoms with Crippen LogP contribution in [0.15, 0.2) is 12.3 Å². The molecule has 152 valence electrons. The van der Waals surface area contributed by atoms with E-state index in [2.05, 4.69) is 19.7 Å². The molecule has 4 heterocycles. The summed E-state index contributed by atoms with van der Waals surface area (Å²) in [5.74, 6) is 1.54. The van der Waals surface area contributed by atoms with Crippen LogP contribution in [0.1, 0.15) is 6.42 Å². The Morgan fingerprint density at radius 3 is 2.43 bits per heavy atom. The van der Waals surface area contributed by atoms with Gasteiger partial charge in [-0.25, -0.2) is 9.78 Å². The van der Waals surface area contributed by atoms with E-state index < -0.39 is 0 Å². The first kappa shape index (κ1) is 18.9. The zero-order chi connectivity index (χ0) is 19.7. The highest BCUT2D eigenvalue weighted by Crippen LogP contribution is 2.22. The van der Waals surface area contributed by atoms with Gasteiger partial charge in [-0.1, -0.05) is 0 Å². The number of hydrogen-bond donors (Lipinski definition) is 0. The molecule has 0 spiro atoms. The van der Waals surface area contributed by atoms with E-state index in [4.69, 9.17) is 9.72 Å². The fraction of sp³-hybridized carbons (Fsp3) is 0.667. The van der Waals surface area contributed by atoms with E-state index in [1.165, 1.54) is 11.9 Å². The molecule has 0 N–H and O–H groups in total. The first-order valence-electron chi connectivity index (χ1n) is 9.72. The smallest absolute Gasteiger partial charge is 0.327 e. The standard InChI is InChI=1S/C18H27N7O3/c1-21-15(13-16(26)22(2)18(21)27)24-7-5-23(6-8-24)14-3-4-19-17(20-14)25-9-11-28-12-10-25/h3-4,15H,5-13H2,1-2H3. The van der Waals surface area contributed by atoms with Crippen molar-refractivity contribution in [1.82, 2.24) is 24.7 Å². The summed E-state index contributed by atoms with van der Waals surface area (Å²) >= 11 is 0. The Bertz CT molecular complexity index is 732. The Hall–Kier alpha value is -2.46. The zero-order valence-electron chi connectivity index (χ0n) is 16.5. The summed E-state index contributed by atoms with van der Waals surface area (Å²) in [5.41, 5.74) is 0. The van der Waals surface area contributed by atoms with Crippen LogP contribution >= 0.6 is 0 Å². The van der Waals surface area contributed by atoms with Crippen molar-refractivity contribution >= 4 is 23.7 Å². The maximum absolute atomic E-state index is 12.2. The molecule has 1 unspecified atom stereocenters. The molecule has 0 aliphatic carbocycles. The van der Waals surface area contributed by atoms with Crippen molar-refractivity contribution in [3.8, 4) is 0 Å². The summed E-state index contributed by atoms with van der Waals surface area (Å²) < 4.78 is 5.40. The van der Waals surface area contributed by atoms with E-state index in [1.807, 2.05) is 12.3 Å². The third-order valence-electron chi connectivity index (χ3n) is 5.75.